The first-order valence-electron chi connectivity index (χ1n) is 9.06. The van der Waals surface area contributed by atoms with Crippen molar-refractivity contribution in [3.63, 3.8) is 0 Å². The van der Waals surface area contributed by atoms with Crippen molar-refractivity contribution in [1.29, 1.82) is 0 Å². The van der Waals surface area contributed by atoms with E-state index in [9.17, 15) is 18.8 Å². The Balaban J connectivity index is 2.60. The maximum atomic E-state index is 13.4. The van der Waals surface area contributed by atoms with Crippen LogP contribution in [0.4, 0.5) is 4.39 Å². The number of hydrogen-bond acceptors (Lipinski definition) is 6. The van der Waals surface area contributed by atoms with E-state index in [-0.39, 0.29) is 49.7 Å². The predicted molar refractivity (Wildman–Crippen MR) is 102 cm³/mol. The van der Waals surface area contributed by atoms with E-state index in [1.807, 2.05) is 0 Å². The van der Waals surface area contributed by atoms with Gasteiger partial charge in [-0.2, -0.15) is 0 Å². The van der Waals surface area contributed by atoms with Crippen LogP contribution < -0.4 is 0 Å². The molecule has 2 aromatic rings. The van der Waals surface area contributed by atoms with Crippen LogP contribution in [0.2, 0.25) is 0 Å². The predicted octanol–water partition coefficient (Wildman–Crippen LogP) is 1.30. The van der Waals surface area contributed by atoms with E-state index < -0.39 is 23.5 Å². The van der Waals surface area contributed by atoms with Crippen molar-refractivity contribution in [2.45, 2.75) is 13.8 Å². The van der Waals surface area contributed by atoms with Crippen LogP contribution in [-0.2, 0) is 9.53 Å². The largest absolute Gasteiger partial charge is 0.462 e. The molecule has 29 heavy (non-hydrogen) atoms. The number of amides is 1. The van der Waals surface area contributed by atoms with E-state index in [0.717, 1.165) is 4.90 Å². The Kier molecular flexibility index (Phi) is 7.63. The molecule has 0 saturated heterocycles. The molecule has 0 radical (unpaired) electrons. The van der Waals surface area contributed by atoms with Gasteiger partial charge in [0.15, 0.2) is 0 Å². The van der Waals surface area contributed by atoms with E-state index in [4.69, 9.17) is 14.9 Å². The summed E-state index contributed by atoms with van der Waals surface area (Å²) in [5.74, 6) is -3.09. The Morgan fingerprint density at radius 2 is 1.69 bits per heavy atom. The number of carbonyl (C=O) groups is 3. The van der Waals surface area contributed by atoms with Crippen LogP contribution in [0, 0.1) is 12.7 Å². The minimum Gasteiger partial charge on any atom is -0.462 e. The summed E-state index contributed by atoms with van der Waals surface area (Å²) in [4.78, 5) is 41.8. The summed E-state index contributed by atoms with van der Waals surface area (Å²) in [5.41, 5.74) is 0.723. The molecule has 0 bridgehead atoms. The first-order chi connectivity index (χ1) is 13.8. The summed E-state index contributed by atoms with van der Waals surface area (Å²) in [5, 5.41) is 18.2. The highest BCUT2D eigenvalue weighted by atomic mass is 19.1. The number of aromatic amines is 1. The van der Waals surface area contributed by atoms with Crippen molar-refractivity contribution < 1.29 is 33.7 Å². The number of aromatic nitrogens is 1. The average Bonchev–Trinajstić information content (AvgIpc) is 3.04. The molecule has 156 valence electrons. The zero-order valence-corrected chi connectivity index (χ0v) is 16.2. The third kappa shape index (κ3) is 4.87. The van der Waals surface area contributed by atoms with Gasteiger partial charge in [0.25, 0.3) is 11.7 Å². The Hall–Kier alpha value is -3.04. The molecule has 0 fully saturated rings. The number of ketones is 1. The number of benzene rings is 1. The number of aliphatic hydroxyl groups is 2. The number of aliphatic hydroxyl groups excluding tert-OH is 2. The standard InChI is InChI=1S/C20H23FN2O6/c1-3-29-20(28)15-12(2)22-17(16(15)13-4-6-14(21)7-5-13)18(26)19(27)23(8-10-24)9-11-25/h4-7,22,24-25H,3,8-11H2,1-2H3. The smallest absolute Gasteiger partial charge is 0.340 e. The lowest BCUT2D eigenvalue weighted by atomic mass is 9.98. The molecule has 0 unspecified atom stereocenters. The molecule has 3 N–H and O–H groups in total. The van der Waals surface area contributed by atoms with Crippen molar-refractivity contribution in [3.05, 3.63) is 47.0 Å². The third-order valence-electron chi connectivity index (χ3n) is 4.25. The molecular formula is C20H23FN2O6. The molecule has 0 atom stereocenters. The molecular weight excluding hydrogens is 383 g/mol. The van der Waals surface area contributed by atoms with Gasteiger partial charge < -0.3 is 24.8 Å². The number of halogens is 1. The van der Waals surface area contributed by atoms with Crippen LogP contribution in [0.5, 0.6) is 0 Å². The fourth-order valence-corrected chi connectivity index (χ4v) is 2.97. The Bertz CT molecular complexity index is 885. The maximum absolute atomic E-state index is 13.4. The molecule has 0 saturated carbocycles. The molecule has 8 nitrogen and oxygen atoms in total. The van der Waals surface area contributed by atoms with Gasteiger partial charge >= 0.3 is 5.97 Å². The van der Waals surface area contributed by atoms with E-state index in [1.165, 1.54) is 24.3 Å². The van der Waals surface area contributed by atoms with Gasteiger partial charge in [-0.25, -0.2) is 9.18 Å². The second-order valence-electron chi connectivity index (χ2n) is 6.17. The number of rotatable bonds is 9. The highest BCUT2D eigenvalue weighted by molar-refractivity contribution is 6.43. The number of nitrogens with zero attached hydrogens (tertiary/aromatic N) is 1. The van der Waals surface area contributed by atoms with Crippen LogP contribution in [0.15, 0.2) is 24.3 Å². The van der Waals surface area contributed by atoms with Crippen molar-refractivity contribution in [1.82, 2.24) is 9.88 Å². The topological polar surface area (TPSA) is 120 Å². The summed E-state index contributed by atoms with van der Waals surface area (Å²) in [6.45, 7) is 2.25. The number of carbonyl (C=O) groups excluding carboxylic acids is 3. The minimum atomic E-state index is -0.954. The molecule has 1 aromatic heterocycles. The van der Waals surface area contributed by atoms with Crippen molar-refractivity contribution in [2.24, 2.45) is 0 Å². The second kappa shape index (κ2) is 9.94. The van der Waals surface area contributed by atoms with Gasteiger partial charge in [0, 0.05) is 24.3 Å². The van der Waals surface area contributed by atoms with Gasteiger partial charge in [-0.3, -0.25) is 9.59 Å². The van der Waals surface area contributed by atoms with Crippen LogP contribution in [0.3, 0.4) is 0 Å². The Morgan fingerprint density at radius 1 is 1.10 bits per heavy atom. The van der Waals surface area contributed by atoms with E-state index in [1.54, 1.807) is 13.8 Å². The number of aryl methyl sites for hydroxylation is 1. The number of ether oxygens (including phenoxy) is 1. The summed E-state index contributed by atoms with van der Waals surface area (Å²) in [6, 6.07) is 5.13. The van der Waals surface area contributed by atoms with Crippen molar-refractivity contribution in [3.8, 4) is 11.1 Å². The highest BCUT2D eigenvalue weighted by Gasteiger charge is 2.31. The van der Waals surface area contributed by atoms with Gasteiger partial charge in [0.1, 0.15) is 11.5 Å². The fourth-order valence-electron chi connectivity index (χ4n) is 2.97. The molecule has 2 rings (SSSR count). The summed E-state index contributed by atoms with van der Waals surface area (Å²) in [6.07, 6.45) is 0. The number of esters is 1. The van der Waals surface area contributed by atoms with Gasteiger partial charge in [0.2, 0.25) is 0 Å². The lowest BCUT2D eigenvalue weighted by molar-refractivity contribution is -0.127. The van der Waals surface area contributed by atoms with E-state index in [0.29, 0.717) is 11.3 Å². The highest BCUT2D eigenvalue weighted by Crippen LogP contribution is 2.32. The minimum absolute atomic E-state index is 0.0745. The quantitative estimate of drug-likeness (QED) is 0.328. The first kappa shape index (κ1) is 22.3. The van der Waals surface area contributed by atoms with Crippen LogP contribution in [0.25, 0.3) is 11.1 Å². The Labute approximate surface area is 166 Å². The summed E-state index contributed by atoms with van der Waals surface area (Å²) < 4.78 is 18.4. The fraction of sp³-hybridized carbons (Fsp3) is 0.350. The first-order valence-corrected chi connectivity index (χ1v) is 9.06. The SMILES string of the molecule is CCOC(=O)c1c(C)[nH]c(C(=O)C(=O)N(CCO)CCO)c1-c1ccc(F)cc1. The number of H-pyrrole nitrogens is 1. The van der Waals surface area contributed by atoms with Gasteiger partial charge in [0.05, 0.1) is 25.4 Å². The monoisotopic (exact) mass is 406 g/mol. The van der Waals surface area contributed by atoms with Gasteiger partial charge in [-0.05, 0) is 31.5 Å². The maximum Gasteiger partial charge on any atom is 0.340 e. The van der Waals surface area contributed by atoms with Crippen molar-refractivity contribution >= 4 is 17.7 Å². The normalized spacial score (nSPS) is 10.7. The molecule has 1 aromatic carbocycles. The van der Waals surface area contributed by atoms with Crippen LogP contribution >= 0.6 is 0 Å². The van der Waals surface area contributed by atoms with Crippen molar-refractivity contribution in [2.75, 3.05) is 32.9 Å². The number of nitrogens with one attached hydrogen (secondary N) is 1. The average molecular weight is 406 g/mol. The zero-order chi connectivity index (χ0) is 21.6. The number of Topliss-reactive ketones (excluding diaryl/α,β-unsaturated/α-hetero) is 1. The Morgan fingerprint density at radius 3 is 2.21 bits per heavy atom. The summed E-state index contributed by atoms with van der Waals surface area (Å²) >= 11 is 0. The molecule has 1 amide bonds. The number of hydrogen-bond donors (Lipinski definition) is 3. The molecule has 0 aliphatic carbocycles. The third-order valence-corrected chi connectivity index (χ3v) is 4.25. The van der Waals surface area contributed by atoms with E-state index >= 15 is 0 Å². The molecule has 0 aliphatic heterocycles. The second-order valence-corrected chi connectivity index (χ2v) is 6.17. The lowest BCUT2D eigenvalue weighted by Gasteiger charge is -2.19. The van der Waals surface area contributed by atoms with E-state index in [2.05, 4.69) is 4.98 Å². The summed E-state index contributed by atoms with van der Waals surface area (Å²) in [7, 11) is 0. The van der Waals surface area contributed by atoms with Gasteiger partial charge in [-0.15, -0.1) is 0 Å². The van der Waals surface area contributed by atoms with Gasteiger partial charge in [-0.1, -0.05) is 12.1 Å². The van der Waals surface area contributed by atoms with Crippen LogP contribution in [0.1, 0.15) is 33.5 Å². The lowest BCUT2D eigenvalue weighted by Crippen LogP contribution is -2.40. The molecule has 0 spiro atoms. The molecule has 1 heterocycles. The molecule has 9 heteroatoms. The molecule has 0 aliphatic rings. The van der Waals surface area contributed by atoms with Crippen LogP contribution in [-0.4, -0.2) is 70.7 Å². The zero-order valence-electron chi connectivity index (χ0n) is 16.2.